The van der Waals surface area contributed by atoms with Gasteiger partial charge in [0.25, 0.3) is 5.91 Å². The number of nitrogens with two attached hydrogens (primary N) is 1. The molecule has 0 radical (unpaired) electrons. The third-order valence-corrected chi connectivity index (χ3v) is 5.57. The van der Waals surface area contributed by atoms with Crippen LogP contribution < -0.4 is 21.3 Å². The first-order valence-corrected chi connectivity index (χ1v) is 12.1. The van der Waals surface area contributed by atoms with Gasteiger partial charge in [0.2, 0.25) is 11.8 Å². The highest BCUT2D eigenvalue weighted by molar-refractivity contribution is 6.01. The molecule has 0 aliphatic carbocycles. The van der Waals surface area contributed by atoms with Crippen LogP contribution in [0.15, 0.2) is 78.9 Å². The quantitative estimate of drug-likeness (QED) is 0.143. The summed E-state index contributed by atoms with van der Waals surface area (Å²) in [5, 5.41) is 32.4. The molecule has 3 aromatic rings. The van der Waals surface area contributed by atoms with Crippen molar-refractivity contribution in [1.29, 1.82) is 5.41 Å². The molecule has 0 fully saturated rings. The van der Waals surface area contributed by atoms with Crippen molar-refractivity contribution < 1.29 is 29.3 Å². The molecular weight excluding hydrogens is 502 g/mol. The standard InChI is InChI=1S/C28H31N5O6/c29-27(30)20-6-8-22(9-7-20)32-28(38)24(35)16-26(37)33(14-15-34)23-12-10-21(11-13-23)31-25(36)18-39-17-19-4-2-1-3-5-19/h1-13,24,34-35H,14-18H2,(H3,29,30)(H,31,36)(H,32,38). The molecule has 0 heterocycles. The van der Waals surface area contributed by atoms with Crippen molar-refractivity contribution in [3.63, 3.8) is 0 Å². The van der Waals surface area contributed by atoms with Gasteiger partial charge in [0, 0.05) is 29.2 Å². The van der Waals surface area contributed by atoms with Crippen molar-refractivity contribution in [2.45, 2.75) is 19.1 Å². The number of benzene rings is 3. The number of amidine groups is 1. The molecule has 0 bridgehead atoms. The second-order valence-electron chi connectivity index (χ2n) is 8.54. The van der Waals surface area contributed by atoms with E-state index in [1.165, 1.54) is 17.0 Å². The van der Waals surface area contributed by atoms with E-state index >= 15 is 0 Å². The number of aliphatic hydroxyl groups excluding tert-OH is 2. The summed E-state index contributed by atoms with van der Waals surface area (Å²) in [6, 6.07) is 22.0. The number of amides is 3. The summed E-state index contributed by atoms with van der Waals surface area (Å²) in [7, 11) is 0. The number of nitrogens with zero attached hydrogens (tertiary/aromatic N) is 1. The number of anilines is 3. The van der Waals surface area contributed by atoms with Gasteiger partial charge < -0.3 is 36.2 Å². The molecule has 3 aromatic carbocycles. The maximum absolute atomic E-state index is 12.9. The smallest absolute Gasteiger partial charge is 0.253 e. The van der Waals surface area contributed by atoms with E-state index < -0.39 is 24.3 Å². The fourth-order valence-corrected chi connectivity index (χ4v) is 3.58. The number of aliphatic hydroxyl groups is 2. The van der Waals surface area contributed by atoms with E-state index in [9.17, 15) is 24.6 Å². The molecule has 7 N–H and O–H groups in total. The lowest BCUT2D eigenvalue weighted by atomic mass is 10.1. The van der Waals surface area contributed by atoms with Gasteiger partial charge in [-0.3, -0.25) is 19.8 Å². The Balaban J connectivity index is 1.52. The second kappa shape index (κ2) is 14.4. The Kier molecular flexibility index (Phi) is 10.7. The van der Waals surface area contributed by atoms with Gasteiger partial charge in [-0.2, -0.15) is 0 Å². The lowest BCUT2D eigenvalue weighted by molar-refractivity contribution is -0.129. The minimum atomic E-state index is -1.64. The largest absolute Gasteiger partial charge is 0.395 e. The van der Waals surface area contributed by atoms with Gasteiger partial charge >= 0.3 is 0 Å². The number of hydrogen-bond acceptors (Lipinski definition) is 7. The first-order valence-electron chi connectivity index (χ1n) is 12.1. The molecule has 3 rings (SSSR count). The zero-order valence-corrected chi connectivity index (χ0v) is 21.2. The van der Waals surface area contributed by atoms with Crippen LogP contribution in [0.3, 0.4) is 0 Å². The topological polar surface area (TPSA) is 178 Å². The van der Waals surface area contributed by atoms with Crippen LogP contribution in [0.2, 0.25) is 0 Å². The van der Waals surface area contributed by atoms with Gasteiger partial charge in [-0.15, -0.1) is 0 Å². The van der Waals surface area contributed by atoms with Crippen LogP contribution in [-0.2, 0) is 25.7 Å². The number of ether oxygens (including phenoxy) is 1. The number of nitrogen functional groups attached to an aromatic ring is 1. The Morgan fingerprint density at radius 2 is 1.54 bits per heavy atom. The highest BCUT2D eigenvalue weighted by atomic mass is 16.5. The minimum absolute atomic E-state index is 0.0568. The average molecular weight is 534 g/mol. The Bertz CT molecular complexity index is 1270. The van der Waals surface area contributed by atoms with E-state index in [0.29, 0.717) is 29.2 Å². The van der Waals surface area contributed by atoms with E-state index in [-0.39, 0.29) is 31.5 Å². The van der Waals surface area contributed by atoms with Crippen molar-refractivity contribution in [3.8, 4) is 0 Å². The van der Waals surface area contributed by atoms with Crippen molar-refractivity contribution in [2.75, 3.05) is 35.3 Å². The third-order valence-electron chi connectivity index (χ3n) is 5.57. The van der Waals surface area contributed by atoms with E-state index in [0.717, 1.165) is 5.56 Å². The predicted molar refractivity (Wildman–Crippen MR) is 147 cm³/mol. The molecule has 204 valence electrons. The van der Waals surface area contributed by atoms with Crippen LogP contribution in [0.5, 0.6) is 0 Å². The molecule has 0 aliphatic rings. The summed E-state index contributed by atoms with van der Waals surface area (Å²) >= 11 is 0. The second-order valence-corrected chi connectivity index (χ2v) is 8.54. The molecule has 3 amide bonds. The van der Waals surface area contributed by atoms with E-state index in [1.54, 1.807) is 36.4 Å². The lowest BCUT2D eigenvalue weighted by Gasteiger charge is -2.23. The monoisotopic (exact) mass is 533 g/mol. The maximum atomic E-state index is 12.9. The van der Waals surface area contributed by atoms with Crippen LogP contribution >= 0.6 is 0 Å². The van der Waals surface area contributed by atoms with E-state index in [1.807, 2.05) is 30.3 Å². The molecule has 0 aliphatic heterocycles. The number of rotatable bonds is 13. The lowest BCUT2D eigenvalue weighted by Crippen LogP contribution is -2.39. The Hall–Kier alpha value is -4.58. The van der Waals surface area contributed by atoms with Crippen molar-refractivity contribution >= 4 is 40.6 Å². The fraction of sp³-hybridized carbons (Fsp3) is 0.214. The predicted octanol–water partition coefficient (Wildman–Crippen LogP) is 1.84. The first kappa shape index (κ1) is 29.0. The molecule has 1 atom stereocenters. The summed E-state index contributed by atoms with van der Waals surface area (Å²) in [6.45, 7) is -0.222. The molecule has 11 heteroatoms. The average Bonchev–Trinajstić information content (AvgIpc) is 2.93. The number of hydrogen-bond donors (Lipinski definition) is 6. The van der Waals surface area contributed by atoms with Crippen LogP contribution in [0.1, 0.15) is 17.5 Å². The summed E-state index contributed by atoms with van der Waals surface area (Å²) < 4.78 is 5.42. The van der Waals surface area contributed by atoms with Crippen molar-refractivity contribution in [1.82, 2.24) is 0 Å². The van der Waals surface area contributed by atoms with Gasteiger partial charge in [-0.25, -0.2) is 0 Å². The molecule has 11 nitrogen and oxygen atoms in total. The van der Waals surface area contributed by atoms with Gasteiger partial charge in [-0.1, -0.05) is 30.3 Å². The SMILES string of the molecule is N=C(N)c1ccc(NC(=O)C(O)CC(=O)N(CCO)c2ccc(NC(=O)COCc3ccccc3)cc2)cc1. The van der Waals surface area contributed by atoms with Crippen LogP contribution in [0, 0.1) is 5.41 Å². The zero-order chi connectivity index (χ0) is 28.2. The van der Waals surface area contributed by atoms with Crippen LogP contribution in [0.4, 0.5) is 17.1 Å². The Morgan fingerprint density at radius 1 is 0.923 bits per heavy atom. The van der Waals surface area contributed by atoms with E-state index in [2.05, 4.69) is 10.6 Å². The number of carbonyl (C=O) groups excluding carboxylic acids is 3. The zero-order valence-electron chi connectivity index (χ0n) is 21.2. The maximum Gasteiger partial charge on any atom is 0.253 e. The molecule has 0 saturated carbocycles. The number of nitrogens with one attached hydrogen (secondary N) is 3. The fourth-order valence-electron chi connectivity index (χ4n) is 3.58. The van der Waals surface area contributed by atoms with Crippen LogP contribution in [0.25, 0.3) is 0 Å². The summed E-state index contributed by atoms with van der Waals surface area (Å²) in [6.07, 6.45) is -2.16. The summed E-state index contributed by atoms with van der Waals surface area (Å²) in [4.78, 5) is 38.7. The van der Waals surface area contributed by atoms with Gasteiger partial charge in [0.05, 0.1) is 19.6 Å². The van der Waals surface area contributed by atoms with Crippen molar-refractivity contribution in [2.24, 2.45) is 5.73 Å². The van der Waals surface area contributed by atoms with Crippen LogP contribution in [-0.4, -0.2) is 59.6 Å². The summed E-state index contributed by atoms with van der Waals surface area (Å²) in [5.74, 6) is -1.82. The normalized spacial score (nSPS) is 11.3. The molecule has 39 heavy (non-hydrogen) atoms. The Labute approximate surface area is 225 Å². The van der Waals surface area contributed by atoms with Gasteiger partial charge in [-0.05, 0) is 54.1 Å². The summed E-state index contributed by atoms with van der Waals surface area (Å²) in [5.41, 5.74) is 8.11. The number of carbonyl (C=O) groups is 3. The third kappa shape index (κ3) is 9.04. The van der Waals surface area contributed by atoms with Gasteiger partial charge in [0.15, 0.2) is 0 Å². The van der Waals surface area contributed by atoms with E-state index in [4.69, 9.17) is 15.9 Å². The molecular formula is C28H31N5O6. The minimum Gasteiger partial charge on any atom is -0.395 e. The highest BCUT2D eigenvalue weighted by Gasteiger charge is 2.24. The molecule has 1 unspecified atom stereocenters. The molecule has 0 spiro atoms. The van der Waals surface area contributed by atoms with Gasteiger partial charge in [0.1, 0.15) is 18.5 Å². The first-order chi connectivity index (χ1) is 18.8. The van der Waals surface area contributed by atoms with Crippen molar-refractivity contribution in [3.05, 3.63) is 90.0 Å². The Morgan fingerprint density at radius 3 is 2.15 bits per heavy atom. The highest BCUT2D eigenvalue weighted by Crippen LogP contribution is 2.20. The molecule has 0 aromatic heterocycles. The molecule has 0 saturated heterocycles.